The number of hydrogen-bond acceptors (Lipinski definition) is 0. The van der Waals surface area contributed by atoms with E-state index in [-0.39, 0.29) is 0 Å². The lowest BCUT2D eigenvalue weighted by atomic mass is 10.0. The molecule has 0 atom stereocenters. The van der Waals surface area contributed by atoms with Crippen molar-refractivity contribution in [2.45, 2.75) is 0 Å². The van der Waals surface area contributed by atoms with E-state index in [1.807, 2.05) is 0 Å². The molecule has 0 aliphatic carbocycles. The molecule has 0 saturated carbocycles. The van der Waals surface area contributed by atoms with Crippen molar-refractivity contribution in [2.24, 2.45) is 0 Å². The highest BCUT2D eigenvalue weighted by atomic mass is 15.0. The van der Waals surface area contributed by atoms with Crippen molar-refractivity contribution in [2.75, 3.05) is 0 Å². The van der Waals surface area contributed by atoms with Crippen LogP contribution in [0.2, 0.25) is 0 Å². The lowest BCUT2D eigenvalue weighted by Gasteiger charge is -2.12. The van der Waals surface area contributed by atoms with E-state index in [2.05, 4.69) is 203 Å². The SMILES string of the molecule is c1ccc(-c2ccc(-c3ccc(-n4c5ccccc5c5c4ccc4c6cccc(-c7ccccc7)c6n(-c6ccccc6)c45)cc3)cc2)cc1. The summed E-state index contributed by atoms with van der Waals surface area (Å²) in [4.78, 5) is 0. The van der Waals surface area contributed by atoms with Crippen LogP contribution in [-0.4, -0.2) is 9.13 Å². The Labute approximate surface area is 290 Å². The third kappa shape index (κ3) is 4.43. The van der Waals surface area contributed by atoms with E-state index in [4.69, 9.17) is 0 Å². The lowest BCUT2D eigenvalue weighted by Crippen LogP contribution is -1.96. The van der Waals surface area contributed by atoms with Gasteiger partial charge in [0.05, 0.1) is 22.1 Å². The molecule has 0 aliphatic rings. The van der Waals surface area contributed by atoms with Crippen LogP contribution in [0.5, 0.6) is 0 Å². The van der Waals surface area contributed by atoms with Crippen LogP contribution in [0.1, 0.15) is 0 Å². The van der Waals surface area contributed by atoms with Gasteiger partial charge in [0.2, 0.25) is 0 Å². The zero-order valence-corrected chi connectivity index (χ0v) is 27.4. The highest BCUT2D eigenvalue weighted by Gasteiger charge is 2.22. The Kier molecular flexibility index (Phi) is 6.53. The molecule has 0 saturated heterocycles. The molecule has 0 bridgehead atoms. The summed E-state index contributed by atoms with van der Waals surface area (Å²) in [5.74, 6) is 0. The summed E-state index contributed by atoms with van der Waals surface area (Å²) in [5.41, 5.74) is 14.5. The molecule has 0 spiro atoms. The minimum atomic E-state index is 1.15. The summed E-state index contributed by atoms with van der Waals surface area (Å²) >= 11 is 0. The Morgan fingerprint density at radius 2 is 0.760 bits per heavy atom. The zero-order chi connectivity index (χ0) is 33.0. The Morgan fingerprint density at radius 1 is 0.260 bits per heavy atom. The first-order valence-electron chi connectivity index (χ1n) is 17.2. The molecule has 10 aromatic rings. The molecule has 8 aromatic carbocycles. The van der Waals surface area contributed by atoms with Crippen LogP contribution >= 0.6 is 0 Å². The normalized spacial score (nSPS) is 11.6. The van der Waals surface area contributed by atoms with E-state index in [9.17, 15) is 0 Å². The van der Waals surface area contributed by atoms with Gasteiger partial charge in [-0.2, -0.15) is 0 Å². The molecule has 2 nitrogen and oxygen atoms in total. The number of hydrogen-bond donors (Lipinski definition) is 0. The van der Waals surface area contributed by atoms with Crippen LogP contribution in [0, 0.1) is 0 Å². The molecular weight excluding hydrogens is 605 g/mol. The zero-order valence-electron chi connectivity index (χ0n) is 27.4. The van der Waals surface area contributed by atoms with Gasteiger partial charge in [0.1, 0.15) is 0 Å². The molecule has 2 aromatic heterocycles. The van der Waals surface area contributed by atoms with Crippen molar-refractivity contribution >= 4 is 43.6 Å². The van der Waals surface area contributed by atoms with Gasteiger partial charge in [0.15, 0.2) is 0 Å². The standard InChI is InChI=1S/C48H32N2/c1-4-13-33(14-5-1)34-23-25-35(26-24-34)36-27-29-39(30-28-36)49-44-22-11-10-19-43(44)46-45(49)32-31-42-41-21-12-20-40(37-15-6-2-7-16-37)47(41)50(48(42)46)38-17-8-3-9-18-38/h1-32H. The average Bonchev–Trinajstić information content (AvgIpc) is 3.72. The van der Waals surface area contributed by atoms with E-state index < -0.39 is 0 Å². The molecule has 0 aliphatic heterocycles. The second-order valence-electron chi connectivity index (χ2n) is 12.9. The van der Waals surface area contributed by atoms with Gasteiger partial charge in [-0.25, -0.2) is 0 Å². The molecule has 50 heavy (non-hydrogen) atoms. The third-order valence-corrected chi connectivity index (χ3v) is 10.1. The fraction of sp³-hybridized carbons (Fsp3) is 0. The van der Waals surface area contributed by atoms with Gasteiger partial charge >= 0.3 is 0 Å². The maximum atomic E-state index is 2.49. The smallest absolute Gasteiger partial charge is 0.0641 e. The Bertz CT molecular complexity index is 2810. The maximum Gasteiger partial charge on any atom is 0.0641 e. The molecular formula is C48H32N2. The first-order chi connectivity index (χ1) is 24.8. The van der Waals surface area contributed by atoms with Crippen molar-refractivity contribution in [3.05, 3.63) is 194 Å². The number of para-hydroxylation sites is 3. The van der Waals surface area contributed by atoms with Crippen LogP contribution in [0.25, 0.3) is 88.4 Å². The Hall–Kier alpha value is -6.64. The van der Waals surface area contributed by atoms with Gasteiger partial charge in [-0.05, 0) is 64.2 Å². The number of fused-ring (bicyclic) bond motifs is 7. The van der Waals surface area contributed by atoms with Crippen LogP contribution in [0.15, 0.2) is 194 Å². The van der Waals surface area contributed by atoms with Crippen LogP contribution < -0.4 is 0 Å². The van der Waals surface area contributed by atoms with Crippen molar-refractivity contribution in [3.63, 3.8) is 0 Å². The van der Waals surface area contributed by atoms with Crippen LogP contribution in [-0.2, 0) is 0 Å². The second-order valence-corrected chi connectivity index (χ2v) is 12.9. The summed E-state index contributed by atoms with van der Waals surface area (Å²) in [7, 11) is 0. The molecule has 234 valence electrons. The second kappa shape index (κ2) is 11.5. The van der Waals surface area contributed by atoms with Gasteiger partial charge in [0.25, 0.3) is 0 Å². The number of nitrogens with zero attached hydrogens (tertiary/aromatic N) is 2. The fourth-order valence-corrected chi connectivity index (χ4v) is 7.86. The monoisotopic (exact) mass is 636 g/mol. The highest BCUT2D eigenvalue weighted by Crippen LogP contribution is 2.44. The highest BCUT2D eigenvalue weighted by molar-refractivity contribution is 6.27. The van der Waals surface area contributed by atoms with Gasteiger partial charge in [0, 0.05) is 38.5 Å². The van der Waals surface area contributed by atoms with Gasteiger partial charge in [-0.15, -0.1) is 0 Å². The topological polar surface area (TPSA) is 9.86 Å². The van der Waals surface area contributed by atoms with Gasteiger partial charge in [-0.1, -0.05) is 158 Å². The summed E-state index contributed by atoms with van der Waals surface area (Å²) < 4.78 is 4.92. The van der Waals surface area contributed by atoms with Crippen molar-refractivity contribution in [1.29, 1.82) is 0 Å². The lowest BCUT2D eigenvalue weighted by molar-refractivity contribution is 1.17. The first-order valence-corrected chi connectivity index (χ1v) is 17.2. The Morgan fingerprint density at radius 3 is 1.44 bits per heavy atom. The van der Waals surface area contributed by atoms with Crippen molar-refractivity contribution in [1.82, 2.24) is 9.13 Å². The minimum absolute atomic E-state index is 1.15. The largest absolute Gasteiger partial charge is 0.309 e. The van der Waals surface area contributed by atoms with Crippen molar-refractivity contribution in [3.8, 4) is 44.8 Å². The average molecular weight is 637 g/mol. The number of aromatic nitrogens is 2. The minimum Gasteiger partial charge on any atom is -0.309 e. The van der Waals surface area contributed by atoms with Crippen LogP contribution in [0.4, 0.5) is 0 Å². The van der Waals surface area contributed by atoms with E-state index in [1.165, 1.54) is 77.0 Å². The molecule has 0 radical (unpaired) electrons. The number of benzene rings is 8. The molecule has 0 N–H and O–H groups in total. The predicted molar refractivity (Wildman–Crippen MR) is 211 cm³/mol. The molecule has 0 unspecified atom stereocenters. The summed E-state index contributed by atoms with van der Waals surface area (Å²) in [6.07, 6.45) is 0. The third-order valence-electron chi connectivity index (χ3n) is 10.1. The first kappa shape index (κ1) is 28.4. The predicted octanol–water partition coefficient (Wildman–Crippen LogP) is 12.9. The van der Waals surface area contributed by atoms with E-state index in [0.717, 1.165) is 11.4 Å². The molecule has 10 rings (SSSR count). The Balaban J connectivity index is 1.20. The van der Waals surface area contributed by atoms with E-state index >= 15 is 0 Å². The molecule has 2 heteroatoms. The molecule has 2 heterocycles. The fourth-order valence-electron chi connectivity index (χ4n) is 7.86. The molecule has 0 fully saturated rings. The quantitative estimate of drug-likeness (QED) is 0.178. The van der Waals surface area contributed by atoms with Crippen LogP contribution in [0.3, 0.4) is 0 Å². The van der Waals surface area contributed by atoms with E-state index in [1.54, 1.807) is 0 Å². The number of rotatable bonds is 5. The van der Waals surface area contributed by atoms with Gasteiger partial charge in [-0.3, -0.25) is 0 Å². The summed E-state index contributed by atoms with van der Waals surface area (Å²) in [6, 6.07) is 70.3. The summed E-state index contributed by atoms with van der Waals surface area (Å²) in [6.45, 7) is 0. The maximum absolute atomic E-state index is 2.49. The van der Waals surface area contributed by atoms with E-state index in [0.29, 0.717) is 0 Å². The van der Waals surface area contributed by atoms with Gasteiger partial charge < -0.3 is 9.13 Å². The van der Waals surface area contributed by atoms with Crippen molar-refractivity contribution < 1.29 is 0 Å². The summed E-state index contributed by atoms with van der Waals surface area (Å²) in [5, 5.41) is 5.02. The molecule has 0 amide bonds.